The summed E-state index contributed by atoms with van der Waals surface area (Å²) < 4.78 is 30.9. The molecule has 0 saturated heterocycles. The van der Waals surface area contributed by atoms with Crippen LogP contribution in [0.1, 0.15) is 59.9 Å². The molecule has 1 aliphatic rings. The van der Waals surface area contributed by atoms with Crippen LogP contribution in [0.4, 0.5) is 8.78 Å². The Labute approximate surface area is 191 Å². The molecule has 0 unspecified atom stereocenters. The number of nitrogens with one attached hydrogen (secondary N) is 1. The summed E-state index contributed by atoms with van der Waals surface area (Å²) in [7, 11) is 0. The van der Waals surface area contributed by atoms with Crippen molar-refractivity contribution in [1.82, 2.24) is 14.9 Å². The lowest BCUT2D eigenvalue weighted by molar-refractivity contribution is 0.0928. The molecule has 0 radical (unpaired) electrons. The minimum Gasteiger partial charge on any atom is -0.342 e. The van der Waals surface area contributed by atoms with E-state index >= 15 is 0 Å². The van der Waals surface area contributed by atoms with E-state index in [4.69, 9.17) is 0 Å². The Bertz CT molecular complexity index is 1350. The second kappa shape index (κ2) is 7.80. The normalized spacial score (nSPS) is 14.6. The topological polar surface area (TPSA) is 46.4 Å². The van der Waals surface area contributed by atoms with Gasteiger partial charge in [0.15, 0.2) is 0 Å². The van der Waals surface area contributed by atoms with Crippen molar-refractivity contribution in [3.05, 3.63) is 94.8 Å². The summed E-state index contributed by atoms with van der Waals surface area (Å²) in [6.45, 7) is 5.69. The molecule has 2 aromatic heterocycles. The Morgan fingerprint density at radius 3 is 2.24 bits per heavy atom. The minimum atomic E-state index is -0.639. The summed E-state index contributed by atoms with van der Waals surface area (Å²) in [5.74, 6) is -1.49. The number of rotatable bonds is 5. The Morgan fingerprint density at radius 1 is 0.970 bits per heavy atom. The number of hydrogen-bond acceptors (Lipinski definition) is 2. The summed E-state index contributed by atoms with van der Waals surface area (Å²) in [5, 5.41) is 7.84. The zero-order valence-electron chi connectivity index (χ0n) is 18.8. The van der Waals surface area contributed by atoms with Crippen LogP contribution in [0.2, 0.25) is 0 Å². The van der Waals surface area contributed by atoms with Crippen molar-refractivity contribution < 1.29 is 13.6 Å². The van der Waals surface area contributed by atoms with E-state index < -0.39 is 11.6 Å². The van der Waals surface area contributed by atoms with Crippen molar-refractivity contribution in [1.29, 1.82) is 0 Å². The number of pyridine rings is 1. The van der Waals surface area contributed by atoms with Gasteiger partial charge in [0.1, 0.15) is 11.6 Å². The Hall–Kier alpha value is -3.54. The summed E-state index contributed by atoms with van der Waals surface area (Å²) in [5.41, 5.74) is 3.35. The average Bonchev–Trinajstić information content (AvgIpc) is 3.50. The number of amides is 1. The second-order valence-corrected chi connectivity index (χ2v) is 9.04. The summed E-state index contributed by atoms with van der Waals surface area (Å²) in [4.78, 5) is 13.4. The highest BCUT2D eigenvalue weighted by Crippen LogP contribution is 2.45. The summed E-state index contributed by atoms with van der Waals surface area (Å²) in [6.07, 6.45) is 1.78. The fourth-order valence-electron chi connectivity index (χ4n) is 4.69. The Morgan fingerprint density at radius 2 is 1.64 bits per heavy atom. The molecule has 6 heteroatoms. The van der Waals surface area contributed by atoms with E-state index in [9.17, 15) is 13.6 Å². The smallest absolute Gasteiger partial charge is 0.253 e. The van der Waals surface area contributed by atoms with Crippen LogP contribution in [0, 0.1) is 18.6 Å². The van der Waals surface area contributed by atoms with E-state index in [1.54, 1.807) is 23.6 Å². The first-order chi connectivity index (χ1) is 15.8. The van der Waals surface area contributed by atoms with Gasteiger partial charge in [0.25, 0.3) is 5.91 Å². The molecule has 1 amide bonds. The van der Waals surface area contributed by atoms with Gasteiger partial charge in [-0.2, -0.15) is 5.10 Å². The van der Waals surface area contributed by atoms with E-state index in [-0.39, 0.29) is 22.9 Å². The van der Waals surface area contributed by atoms with Gasteiger partial charge in [-0.05, 0) is 55.5 Å². The largest absolute Gasteiger partial charge is 0.342 e. The zero-order chi connectivity index (χ0) is 23.3. The van der Waals surface area contributed by atoms with Gasteiger partial charge >= 0.3 is 0 Å². The molecule has 1 aliphatic carbocycles. The van der Waals surface area contributed by atoms with Crippen LogP contribution in [-0.4, -0.2) is 15.5 Å². The Balaban J connectivity index is 1.62. The molecule has 0 atom stereocenters. The van der Waals surface area contributed by atoms with Gasteiger partial charge in [-0.1, -0.05) is 50.2 Å². The molecule has 1 saturated carbocycles. The lowest BCUT2D eigenvalue weighted by atomic mass is 9.98. The summed E-state index contributed by atoms with van der Waals surface area (Å²) in [6, 6.07) is 17.3. The highest BCUT2D eigenvalue weighted by Gasteiger charge is 2.46. The molecular weight excluding hydrogens is 420 g/mol. The number of carbonyl (C=O) groups is 1. The lowest BCUT2D eigenvalue weighted by Crippen LogP contribution is -2.35. The minimum absolute atomic E-state index is 0.0426. The third kappa shape index (κ3) is 3.50. The first-order valence-electron chi connectivity index (χ1n) is 11.2. The van der Waals surface area contributed by atoms with Gasteiger partial charge in [-0.25, -0.2) is 13.3 Å². The van der Waals surface area contributed by atoms with Gasteiger partial charge in [-0.15, -0.1) is 0 Å². The van der Waals surface area contributed by atoms with Crippen molar-refractivity contribution in [2.24, 2.45) is 0 Å². The third-order valence-electron chi connectivity index (χ3n) is 6.44. The van der Waals surface area contributed by atoms with Crippen LogP contribution in [-0.2, 0) is 5.54 Å². The van der Waals surface area contributed by atoms with E-state index in [0.717, 1.165) is 18.4 Å². The van der Waals surface area contributed by atoms with Gasteiger partial charge in [-0.3, -0.25) is 4.79 Å². The maximum atomic E-state index is 14.6. The number of carbonyl (C=O) groups excluding carboxylic acids is 1. The first-order valence-corrected chi connectivity index (χ1v) is 11.2. The van der Waals surface area contributed by atoms with Crippen molar-refractivity contribution in [2.75, 3.05) is 0 Å². The fourth-order valence-corrected chi connectivity index (χ4v) is 4.69. The predicted octanol–water partition coefficient (Wildman–Crippen LogP) is 6.13. The van der Waals surface area contributed by atoms with Gasteiger partial charge in [0, 0.05) is 5.56 Å². The molecule has 1 fully saturated rings. The van der Waals surface area contributed by atoms with Crippen LogP contribution in [0.25, 0.3) is 16.6 Å². The van der Waals surface area contributed by atoms with E-state index in [0.29, 0.717) is 28.0 Å². The highest BCUT2D eigenvalue weighted by molar-refractivity contribution is 5.97. The SMILES string of the molecule is Cc1nn2c(C(C)C)c(C(=O)NC3(c4ccccc4)CC3)ccc2c1-c1c(F)cccc1F. The molecule has 1 N–H and O–H groups in total. The first kappa shape index (κ1) is 21.3. The molecular formula is C27H25F2N3O. The lowest BCUT2D eigenvalue weighted by Gasteiger charge is -2.20. The van der Waals surface area contributed by atoms with Crippen molar-refractivity contribution in [3.8, 4) is 11.1 Å². The number of benzene rings is 2. The molecule has 33 heavy (non-hydrogen) atoms. The van der Waals surface area contributed by atoms with Crippen molar-refractivity contribution >= 4 is 11.4 Å². The van der Waals surface area contributed by atoms with Crippen LogP contribution < -0.4 is 5.32 Å². The molecule has 4 nitrogen and oxygen atoms in total. The standard InChI is InChI=1S/C27H25F2N3O/c1-16(2)25-19(26(33)30-27(14-15-27)18-8-5-4-6-9-18)12-13-22-23(17(3)31-32(22)25)24-20(28)10-7-11-21(24)29/h4-13,16H,14-15H2,1-3H3,(H,30,33). The number of halogens is 2. The molecule has 168 valence electrons. The molecule has 4 aromatic rings. The number of nitrogens with zero attached hydrogens (tertiary/aromatic N) is 2. The molecule has 0 bridgehead atoms. The Kier molecular flexibility index (Phi) is 5.04. The molecule has 5 rings (SSSR count). The maximum Gasteiger partial charge on any atom is 0.253 e. The van der Waals surface area contributed by atoms with Gasteiger partial charge < -0.3 is 5.32 Å². The van der Waals surface area contributed by atoms with E-state index in [2.05, 4.69) is 10.4 Å². The molecule has 0 aliphatic heterocycles. The van der Waals surface area contributed by atoms with Crippen LogP contribution in [0.3, 0.4) is 0 Å². The number of hydrogen-bond donors (Lipinski definition) is 1. The number of aromatic nitrogens is 2. The monoisotopic (exact) mass is 445 g/mol. The van der Waals surface area contributed by atoms with E-state index in [1.165, 1.54) is 18.2 Å². The van der Waals surface area contributed by atoms with Crippen LogP contribution in [0.15, 0.2) is 60.7 Å². The average molecular weight is 446 g/mol. The number of fused-ring (bicyclic) bond motifs is 1. The molecule has 0 spiro atoms. The van der Waals surface area contributed by atoms with Crippen molar-refractivity contribution in [3.63, 3.8) is 0 Å². The van der Waals surface area contributed by atoms with Gasteiger partial charge in [0.2, 0.25) is 0 Å². The van der Waals surface area contributed by atoms with Crippen LogP contribution >= 0.6 is 0 Å². The second-order valence-electron chi connectivity index (χ2n) is 9.04. The maximum absolute atomic E-state index is 14.6. The summed E-state index contributed by atoms with van der Waals surface area (Å²) >= 11 is 0. The number of aryl methyl sites for hydroxylation is 1. The zero-order valence-corrected chi connectivity index (χ0v) is 18.8. The third-order valence-corrected chi connectivity index (χ3v) is 6.44. The van der Waals surface area contributed by atoms with E-state index in [1.807, 2.05) is 44.2 Å². The fraction of sp³-hybridized carbons (Fsp3) is 0.259. The van der Waals surface area contributed by atoms with Gasteiger partial charge in [0.05, 0.1) is 33.6 Å². The predicted molar refractivity (Wildman–Crippen MR) is 124 cm³/mol. The molecule has 2 heterocycles. The highest BCUT2D eigenvalue weighted by atomic mass is 19.1. The quantitative estimate of drug-likeness (QED) is 0.402. The van der Waals surface area contributed by atoms with Crippen LogP contribution in [0.5, 0.6) is 0 Å². The van der Waals surface area contributed by atoms with Crippen molar-refractivity contribution in [2.45, 2.75) is 45.1 Å². The molecule has 2 aromatic carbocycles.